The minimum absolute atomic E-state index is 0.0649. The van der Waals surface area contributed by atoms with Gasteiger partial charge in [0.2, 0.25) is 5.91 Å². The van der Waals surface area contributed by atoms with Gasteiger partial charge >= 0.3 is 5.97 Å². The maximum Gasteiger partial charge on any atom is 0.325 e. The third-order valence-electron chi connectivity index (χ3n) is 4.18. The standard InChI is InChI=1S/C15H27NO3/c1-10(2)13(9-12-7-5-4-6-8-12)14(17)16-11(3)15(18)19/h10-13H,4-9H2,1-3H3,(H,16,17)(H,18,19). The topological polar surface area (TPSA) is 66.4 Å². The highest BCUT2D eigenvalue weighted by Crippen LogP contribution is 2.31. The molecule has 4 nitrogen and oxygen atoms in total. The van der Waals surface area contributed by atoms with Crippen molar-refractivity contribution in [1.29, 1.82) is 0 Å². The van der Waals surface area contributed by atoms with E-state index in [0.717, 1.165) is 6.42 Å². The van der Waals surface area contributed by atoms with Gasteiger partial charge in [-0.05, 0) is 25.2 Å². The molecular weight excluding hydrogens is 242 g/mol. The second-order valence-corrected chi connectivity index (χ2v) is 6.16. The molecule has 2 atom stereocenters. The minimum atomic E-state index is -0.978. The van der Waals surface area contributed by atoms with Crippen LogP contribution in [-0.4, -0.2) is 23.0 Å². The first kappa shape index (κ1) is 16.0. The number of carbonyl (C=O) groups excluding carboxylic acids is 1. The summed E-state index contributed by atoms with van der Waals surface area (Å²) in [6.45, 7) is 5.59. The Kier molecular flexibility index (Phi) is 6.32. The van der Waals surface area contributed by atoms with Crippen molar-refractivity contribution in [1.82, 2.24) is 5.32 Å². The second-order valence-electron chi connectivity index (χ2n) is 6.16. The molecule has 0 radical (unpaired) electrons. The van der Waals surface area contributed by atoms with E-state index in [0.29, 0.717) is 5.92 Å². The summed E-state index contributed by atoms with van der Waals surface area (Å²) in [5.41, 5.74) is 0. The molecule has 0 aromatic rings. The Morgan fingerprint density at radius 2 is 1.74 bits per heavy atom. The molecule has 2 N–H and O–H groups in total. The van der Waals surface area contributed by atoms with Crippen LogP contribution in [0.4, 0.5) is 0 Å². The Morgan fingerprint density at radius 1 is 1.16 bits per heavy atom. The van der Waals surface area contributed by atoms with Crippen LogP contribution in [0.2, 0.25) is 0 Å². The van der Waals surface area contributed by atoms with Gasteiger partial charge in [0.05, 0.1) is 0 Å². The minimum Gasteiger partial charge on any atom is -0.480 e. The SMILES string of the molecule is CC(NC(=O)C(CC1CCCCC1)C(C)C)C(=O)O. The summed E-state index contributed by atoms with van der Waals surface area (Å²) in [4.78, 5) is 23.0. The van der Waals surface area contributed by atoms with Crippen molar-refractivity contribution in [2.24, 2.45) is 17.8 Å². The predicted molar refractivity (Wildman–Crippen MR) is 74.8 cm³/mol. The van der Waals surface area contributed by atoms with E-state index >= 15 is 0 Å². The zero-order chi connectivity index (χ0) is 14.4. The van der Waals surface area contributed by atoms with Crippen molar-refractivity contribution in [3.63, 3.8) is 0 Å². The Morgan fingerprint density at radius 3 is 2.21 bits per heavy atom. The number of hydrogen-bond donors (Lipinski definition) is 2. The normalized spacial score (nSPS) is 20.0. The first-order chi connectivity index (χ1) is 8.91. The molecule has 0 heterocycles. The van der Waals surface area contributed by atoms with Gasteiger partial charge in [-0.25, -0.2) is 0 Å². The molecular formula is C15H27NO3. The summed E-state index contributed by atoms with van der Waals surface area (Å²) in [7, 11) is 0. The maximum absolute atomic E-state index is 12.2. The van der Waals surface area contributed by atoms with E-state index in [4.69, 9.17) is 5.11 Å². The number of rotatable bonds is 6. The van der Waals surface area contributed by atoms with Gasteiger partial charge in [-0.2, -0.15) is 0 Å². The highest BCUT2D eigenvalue weighted by Gasteiger charge is 2.28. The number of carboxylic acids is 1. The van der Waals surface area contributed by atoms with Crippen LogP contribution in [0.15, 0.2) is 0 Å². The Bertz CT molecular complexity index is 309. The van der Waals surface area contributed by atoms with Crippen LogP contribution < -0.4 is 5.32 Å². The number of carbonyl (C=O) groups is 2. The van der Waals surface area contributed by atoms with Gasteiger partial charge in [0.25, 0.3) is 0 Å². The van der Waals surface area contributed by atoms with Crippen LogP contribution in [0, 0.1) is 17.8 Å². The average molecular weight is 269 g/mol. The van der Waals surface area contributed by atoms with Gasteiger partial charge in [-0.3, -0.25) is 9.59 Å². The van der Waals surface area contributed by atoms with Crippen LogP contribution in [-0.2, 0) is 9.59 Å². The fraction of sp³-hybridized carbons (Fsp3) is 0.867. The largest absolute Gasteiger partial charge is 0.480 e. The molecule has 0 bridgehead atoms. The summed E-state index contributed by atoms with van der Waals surface area (Å²) >= 11 is 0. The lowest BCUT2D eigenvalue weighted by Crippen LogP contribution is -2.43. The lowest BCUT2D eigenvalue weighted by molar-refractivity contribution is -0.142. The van der Waals surface area contributed by atoms with Crippen molar-refractivity contribution >= 4 is 11.9 Å². The average Bonchev–Trinajstić information content (AvgIpc) is 2.36. The van der Waals surface area contributed by atoms with E-state index in [1.807, 2.05) is 13.8 Å². The van der Waals surface area contributed by atoms with E-state index in [9.17, 15) is 9.59 Å². The van der Waals surface area contributed by atoms with Crippen molar-refractivity contribution in [2.45, 2.75) is 65.3 Å². The molecule has 0 spiro atoms. The molecule has 0 aromatic carbocycles. The quantitative estimate of drug-likeness (QED) is 0.779. The van der Waals surface area contributed by atoms with Crippen LogP contribution in [0.5, 0.6) is 0 Å². The third kappa shape index (κ3) is 5.21. The van der Waals surface area contributed by atoms with Crippen molar-refractivity contribution in [3.8, 4) is 0 Å². The molecule has 110 valence electrons. The fourth-order valence-electron chi connectivity index (χ4n) is 2.85. The van der Waals surface area contributed by atoms with Gasteiger partial charge in [0.15, 0.2) is 0 Å². The summed E-state index contributed by atoms with van der Waals surface area (Å²) in [5.74, 6) is -0.260. The number of aliphatic carboxylic acids is 1. The summed E-state index contributed by atoms with van der Waals surface area (Å²) in [6.07, 6.45) is 7.17. The summed E-state index contributed by atoms with van der Waals surface area (Å²) in [5, 5.41) is 11.5. The Labute approximate surface area is 116 Å². The number of carboxylic acid groups (broad SMARTS) is 1. The predicted octanol–water partition coefficient (Wildman–Crippen LogP) is 2.82. The van der Waals surface area contributed by atoms with Gasteiger partial charge in [-0.1, -0.05) is 46.0 Å². The molecule has 19 heavy (non-hydrogen) atoms. The van der Waals surface area contributed by atoms with Crippen LogP contribution in [0.25, 0.3) is 0 Å². The van der Waals surface area contributed by atoms with Crippen molar-refractivity contribution in [3.05, 3.63) is 0 Å². The third-order valence-corrected chi connectivity index (χ3v) is 4.18. The lowest BCUT2D eigenvalue weighted by atomic mass is 9.79. The van der Waals surface area contributed by atoms with Gasteiger partial charge < -0.3 is 10.4 Å². The number of amides is 1. The Hall–Kier alpha value is -1.06. The first-order valence-corrected chi connectivity index (χ1v) is 7.45. The highest BCUT2D eigenvalue weighted by atomic mass is 16.4. The molecule has 1 amide bonds. The van der Waals surface area contributed by atoms with E-state index in [-0.39, 0.29) is 17.7 Å². The molecule has 0 aliphatic heterocycles. The molecule has 1 fully saturated rings. The number of nitrogens with one attached hydrogen (secondary N) is 1. The zero-order valence-corrected chi connectivity index (χ0v) is 12.3. The van der Waals surface area contributed by atoms with Gasteiger partial charge in [-0.15, -0.1) is 0 Å². The molecule has 0 aromatic heterocycles. The summed E-state index contributed by atoms with van der Waals surface area (Å²) < 4.78 is 0. The van der Waals surface area contributed by atoms with Crippen LogP contribution in [0.1, 0.15) is 59.3 Å². The molecule has 1 rings (SSSR count). The second kappa shape index (κ2) is 7.51. The van der Waals surface area contributed by atoms with E-state index in [1.54, 1.807) is 0 Å². The van der Waals surface area contributed by atoms with Crippen molar-refractivity contribution in [2.75, 3.05) is 0 Å². The lowest BCUT2D eigenvalue weighted by Gasteiger charge is -2.28. The van der Waals surface area contributed by atoms with Crippen LogP contribution in [0.3, 0.4) is 0 Å². The fourth-order valence-corrected chi connectivity index (χ4v) is 2.85. The molecule has 0 saturated heterocycles. The first-order valence-electron chi connectivity index (χ1n) is 7.45. The van der Waals surface area contributed by atoms with Gasteiger partial charge in [0.1, 0.15) is 6.04 Å². The molecule has 4 heteroatoms. The number of hydrogen-bond acceptors (Lipinski definition) is 2. The highest BCUT2D eigenvalue weighted by molar-refractivity contribution is 5.84. The van der Waals surface area contributed by atoms with E-state index in [1.165, 1.54) is 39.0 Å². The molecule has 1 aliphatic rings. The van der Waals surface area contributed by atoms with E-state index < -0.39 is 12.0 Å². The molecule has 2 unspecified atom stereocenters. The molecule has 1 aliphatic carbocycles. The maximum atomic E-state index is 12.2. The Balaban J connectivity index is 2.55. The smallest absolute Gasteiger partial charge is 0.325 e. The van der Waals surface area contributed by atoms with Crippen LogP contribution >= 0.6 is 0 Å². The van der Waals surface area contributed by atoms with Crippen molar-refractivity contribution < 1.29 is 14.7 Å². The van der Waals surface area contributed by atoms with Gasteiger partial charge in [0, 0.05) is 5.92 Å². The molecule has 1 saturated carbocycles. The summed E-state index contributed by atoms with van der Waals surface area (Å²) in [6, 6.07) is -0.805. The zero-order valence-electron chi connectivity index (χ0n) is 12.3. The monoisotopic (exact) mass is 269 g/mol. The van der Waals surface area contributed by atoms with E-state index in [2.05, 4.69) is 5.32 Å².